The molecule has 2 N–H and O–H groups in total. The van der Waals surface area contributed by atoms with E-state index in [4.69, 9.17) is 28.6 Å². The molecule has 0 unspecified atom stereocenters. The molecule has 0 fully saturated rings. The lowest BCUT2D eigenvalue weighted by Crippen LogP contribution is -2.34. The molecule has 1 amide bonds. The van der Waals surface area contributed by atoms with Gasteiger partial charge in [0.1, 0.15) is 10.8 Å². The molecule has 0 aliphatic heterocycles. The molecule has 0 aromatic heterocycles. The Morgan fingerprint density at radius 3 is 2.71 bits per heavy atom. The summed E-state index contributed by atoms with van der Waals surface area (Å²) in [6, 6.07) is 11.0. The number of carbonyl (C=O) groups is 1. The molecule has 2 aromatic carbocycles. The quantitative estimate of drug-likeness (QED) is 0.271. The summed E-state index contributed by atoms with van der Waals surface area (Å²) in [5.41, 5.74) is 0.433. The summed E-state index contributed by atoms with van der Waals surface area (Å²) >= 11 is 10.9. The number of hydrogen-bond acceptors (Lipinski definition) is 5. The maximum Gasteiger partial charge on any atom is 0.289 e. The minimum Gasteiger partial charge on any atom is -0.493 e. The fourth-order valence-corrected chi connectivity index (χ4v) is 2.77. The van der Waals surface area contributed by atoms with Gasteiger partial charge in [-0.15, -0.1) is 0 Å². The lowest BCUT2D eigenvalue weighted by molar-refractivity contribution is -0.384. The summed E-state index contributed by atoms with van der Waals surface area (Å²) in [4.78, 5) is 22.9. The third kappa shape index (κ3) is 6.17. The van der Waals surface area contributed by atoms with Crippen LogP contribution in [-0.2, 0) is 0 Å². The maximum atomic E-state index is 12.5. The largest absolute Gasteiger partial charge is 0.493 e. The van der Waals surface area contributed by atoms with Gasteiger partial charge in [0.15, 0.2) is 5.11 Å². The zero-order valence-electron chi connectivity index (χ0n) is 15.2. The number of benzene rings is 2. The van der Waals surface area contributed by atoms with Crippen LogP contribution in [0.1, 0.15) is 36.5 Å². The molecule has 0 saturated heterocycles. The van der Waals surface area contributed by atoms with Crippen LogP contribution in [0.4, 0.5) is 11.4 Å². The highest BCUT2D eigenvalue weighted by Crippen LogP contribution is 2.27. The highest BCUT2D eigenvalue weighted by Gasteiger charge is 2.16. The van der Waals surface area contributed by atoms with E-state index in [9.17, 15) is 14.9 Å². The van der Waals surface area contributed by atoms with Gasteiger partial charge in [0, 0.05) is 11.8 Å². The molecule has 148 valence electrons. The first-order valence-electron chi connectivity index (χ1n) is 8.70. The number of halogens is 1. The number of nitro groups is 1. The van der Waals surface area contributed by atoms with Crippen molar-refractivity contribution in [3.05, 3.63) is 63.2 Å². The number of nitrogens with one attached hydrogen (secondary N) is 2. The third-order valence-electron chi connectivity index (χ3n) is 3.76. The molecule has 0 atom stereocenters. The predicted octanol–water partition coefficient (Wildman–Crippen LogP) is 4.94. The molecule has 9 heteroatoms. The van der Waals surface area contributed by atoms with Crippen LogP contribution in [0, 0.1) is 10.1 Å². The van der Waals surface area contributed by atoms with Gasteiger partial charge in [-0.1, -0.05) is 43.5 Å². The molecule has 0 aliphatic carbocycles. The summed E-state index contributed by atoms with van der Waals surface area (Å²) < 4.78 is 5.70. The first kappa shape index (κ1) is 21.6. The molecular weight excluding hydrogens is 402 g/mol. The van der Waals surface area contributed by atoms with Gasteiger partial charge in [0.05, 0.1) is 17.1 Å². The van der Waals surface area contributed by atoms with Crippen LogP contribution in [0.2, 0.25) is 5.02 Å². The van der Waals surface area contributed by atoms with Crippen LogP contribution >= 0.6 is 23.8 Å². The number of unbranched alkanes of at least 4 members (excludes halogenated alkanes) is 2. The Hall–Kier alpha value is -2.71. The molecule has 0 heterocycles. The second-order valence-corrected chi connectivity index (χ2v) is 6.70. The van der Waals surface area contributed by atoms with E-state index in [0.29, 0.717) is 23.6 Å². The van der Waals surface area contributed by atoms with Crippen LogP contribution in [0.15, 0.2) is 42.5 Å². The molecule has 0 aliphatic rings. The first-order chi connectivity index (χ1) is 13.4. The van der Waals surface area contributed by atoms with Crippen LogP contribution < -0.4 is 15.4 Å². The Balaban J connectivity index is 2.02. The van der Waals surface area contributed by atoms with Crippen molar-refractivity contribution >= 4 is 46.2 Å². The molecular formula is C19H20ClN3O4S. The molecule has 2 rings (SSSR count). The second kappa shape index (κ2) is 10.6. The average molecular weight is 422 g/mol. The van der Waals surface area contributed by atoms with E-state index in [1.807, 2.05) is 0 Å². The van der Waals surface area contributed by atoms with Crippen LogP contribution in [0.3, 0.4) is 0 Å². The second-order valence-electron chi connectivity index (χ2n) is 5.88. The Labute approximate surface area is 173 Å². The van der Waals surface area contributed by atoms with Crippen molar-refractivity contribution in [3.8, 4) is 5.75 Å². The third-order valence-corrected chi connectivity index (χ3v) is 4.29. The minimum atomic E-state index is -0.596. The zero-order chi connectivity index (χ0) is 20.5. The predicted molar refractivity (Wildman–Crippen MR) is 113 cm³/mol. The van der Waals surface area contributed by atoms with Gasteiger partial charge >= 0.3 is 0 Å². The Morgan fingerprint density at radius 2 is 2.00 bits per heavy atom. The molecule has 0 saturated carbocycles. The summed E-state index contributed by atoms with van der Waals surface area (Å²) in [6.07, 6.45) is 3.03. The summed E-state index contributed by atoms with van der Waals surface area (Å²) in [6.45, 7) is 2.62. The standard InChI is InChI=1S/C19H20ClN3O4S/c1-2-3-6-11-27-17-8-5-4-7-14(17)18(24)22-19(28)21-13-9-10-15(20)16(12-13)23(25)26/h4-5,7-10,12H,2-3,6,11H2,1H3,(H2,21,22,24,28). The van der Waals surface area contributed by atoms with Crippen molar-refractivity contribution < 1.29 is 14.5 Å². The van der Waals surface area contributed by atoms with Crippen LogP contribution in [0.5, 0.6) is 5.75 Å². The van der Waals surface area contributed by atoms with E-state index in [1.54, 1.807) is 24.3 Å². The van der Waals surface area contributed by atoms with Gasteiger partial charge in [-0.2, -0.15) is 0 Å². The van der Waals surface area contributed by atoms with E-state index < -0.39 is 10.8 Å². The number of carbonyl (C=O) groups excluding carboxylic acids is 1. The van der Waals surface area contributed by atoms with Gasteiger partial charge in [-0.25, -0.2) is 0 Å². The number of nitrogens with zero attached hydrogens (tertiary/aromatic N) is 1. The zero-order valence-corrected chi connectivity index (χ0v) is 16.8. The number of hydrogen-bond donors (Lipinski definition) is 2. The molecule has 0 spiro atoms. The minimum absolute atomic E-state index is 0.00223. The van der Waals surface area contributed by atoms with Crippen molar-refractivity contribution in [1.29, 1.82) is 0 Å². The smallest absolute Gasteiger partial charge is 0.289 e. The molecule has 2 aromatic rings. The van der Waals surface area contributed by atoms with Crippen LogP contribution in [-0.4, -0.2) is 22.5 Å². The number of para-hydroxylation sites is 1. The van der Waals surface area contributed by atoms with E-state index >= 15 is 0 Å². The number of amides is 1. The molecule has 7 nitrogen and oxygen atoms in total. The number of thiocarbonyl (C=S) groups is 1. The van der Waals surface area contributed by atoms with E-state index in [-0.39, 0.29) is 15.8 Å². The number of ether oxygens (including phenoxy) is 1. The van der Waals surface area contributed by atoms with Crippen molar-refractivity contribution in [2.45, 2.75) is 26.2 Å². The maximum absolute atomic E-state index is 12.5. The summed E-state index contributed by atoms with van der Waals surface area (Å²) in [5.74, 6) is 0.0353. The first-order valence-corrected chi connectivity index (χ1v) is 9.49. The van der Waals surface area contributed by atoms with Gasteiger partial charge in [0.25, 0.3) is 11.6 Å². The topological polar surface area (TPSA) is 93.5 Å². The number of rotatable bonds is 8. The highest BCUT2D eigenvalue weighted by atomic mass is 35.5. The number of anilines is 1. The Bertz CT molecular complexity index is 876. The lowest BCUT2D eigenvalue weighted by atomic mass is 10.2. The summed E-state index contributed by atoms with van der Waals surface area (Å²) in [5, 5.41) is 16.3. The fraction of sp³-hybridized carbons (Fsp3) is 0.263. The molecule has 0 radical (unpaired) electrons. The van der Waals surface area contributed by atoms with Crippen molar-refractivity contribution in [2.75, 3.05) is 11.9 Å². The monoisotopic (exact) mass is 421 g/mol. The molecule has 0 bridgehead atoms. The lowest BCUT2D eigenvalue weighted by Gasteiger charge is -2.13. The average Bonchev–Trinajstić information content (AvgIpc) is 2.66. The normalized spacial score (nSPS) is 10.2. The van der Waals surface area contributed by atoms with Gasteiger partial charge in [0.2, 0.25) is 0 Å². The Morgan fingerprint density at radius 1 is 1.25 bits per heavy atom. The number of nitro benzene ring substituents is 1. The SMILES string of the molecule is CCCCCOc1ccccc1C(=O)NC(=S)Nc1ccc(Cl)c([N+](=O)[O-])c1. The van der Waals surface area contributed by atoms with Crippen LogP contribution in [0.25, 0.3) is 0 Å². The highest BCUT2D eigenvalue weighted by molar-refractivity contribution is 7.80. The van der Waals surface area contributed by atoms with Crippen molar-refractivity contribution in [2.24, 2.45) is 0 Å². The molecule has 28 heavy (non-hydrogen) atoms. The Kier molecular flexibility index (Phi) is 8.16. The van der Waals surface area contributed by atoms with Crippen molar-refractivity contribution in [1.82, 2.24) is 5.32 Å². The van der Waals surface area contributed by atoms with E-state index in [1.165, 1.54) is 18.2 Å². The van der Waals surface area contributed by atoms with Gasteiger partial charge in [-0.05, 0) is 42.9 Å². The summed E-state index contributed by atoms with van der Waals surface area (Å²) in [7, 11) is 0. The van der Waals surface area contributed by atoms with Crippen molar-refractivity contribution in [3.63, 3.8) is 0 Å². The van der Waals surface area contributed by atoms with Gasteiger partial charge < -0.3 is 10.1 Å². The van der Waals surface area contributed by atoms with E-state index in [0.717, 1.165) is 19.3 Å². The van der Waals surface area contributed by atoms with Gasteiger partial charge in [-0.3, -0.25) is 20.2 Å². The van der Waals surface area contributed by atoms with E-state index in [2.05, 4.69) is 17.6 Å². The fourth-order valence-electron chi connectivity index (χ4n) is 2.38.